The predicted octanol–water partition coefficient (Wildman–Crippen LogP) is 5.03. The molecule has 2 amide bonds. The van der Waals surface area contributed by atoms with Gasteiger partial charge in [-0.05, 0) is 37.1 Å². The number of thiazole rings is 1. The second-order valence-electron chi connectivity index (χ2n) is 6.81. The molecule has 5 nitrogen and oxygen atoms in total. The Bertz CT molecular complexity index is 862. The van der Waals surface area contributed by atoms with Crippen LogP contribution in [0.2, 0.25) is 0 Å². The van der Waals surface area contributed by atoms with E-state index in [1.165, 1.54) is 19.3 Å². The standard InChI is InChI=1S/C20H23N3O2S/c1-23(14-7-3-2-4-8-14)20(24)21-13-15-11-12-17(25-15)19-22-16-9-5-6-10-18(16)26-19/h5-6,9-12,14H,2-4,7-8,13H2,1H3,(H,21,24). The van der Waals surface area contributed by atoms with Crippen LogP contribution in [0.15, 0.2) is 40.8 Å². The zero-order valence-electron chi connectivity index (χ0n) is 14.9. The van der Waals surface area contributed by atoms with Crippen molar-refractivity contribution in [1.82, 2.24) is 15.2 Å². The summed E-state index contributed by atoms with van der Waals surface area (Å²) in [5.41, 5.74) is 0.979. The highest BCUT2D eigenvalue weighted by Crippen LogP contribution is 2.31. The van der Waals surface area contributed by atoms with E-state index in [0.29, 0.717) is 12.6 Å². The van der Waals surface area contributed by atoms with E-state index < -0.39 is 0 Å². The van der Waals surface area contributed by atoms with Crippen molar-refractivity contribution in [2.45, 2.75) is 44.7 Å². The van der Waals surface area contributed by atoms with Crippen molar-refractivity contribution in [2.24, 2.45) is 0 Å². The van der Waals surface area contributed by atoms with Crippen molar-refractivity contribution in [3.63, 3.8) is 0 Å². The zero-order valence-corrected chi connectivity index (χ0v) is 15.7. The number of hydrogen-bond donors (Lipinski definition) is 1. The molecule has 4 rings (SSSR count). The number of nitrogens with one attached hydrogen (secondary N) is 1. The van der Waals surface area contributed by atoms with E-state index in [-0.39, 0.29) is 6.03 Å². The summed E-state index contributed by atoms with van der Waals surface area (Å²) in [6, 6.07) is 12.2. The predicted molar refractivity (Wildman–Crippen MR) is 104 cm³/mol. The first-order valence-electron chi connectivity index (χ1n) is 9.16. The number of amides is 2. The molecule has 0 aliphatic heterocycles. The number of furan rings is 1. The van der Waals surface area contributed by atoms with Crippen LogP contribution in [0.25, 0.3) is 21.0 Å². The minimum absolute atomic E-state index is 0.0326. The van der Waals surface area contributed by atoms with Crippen LogP contribution in [0.4, 0.5) is 4.79 Å². The number of benzene rings is 1. The topological polar surface area (TPSA) is 58.4 Å². The van der Waals surface area contributed by atoms with Gasteiger partial charge in [0.05, 0.1) is 16.8 Å². The Morgan fingerprint density at radius 2 is 2.04 bits per heavy atom. The third-order valence-electron chi connectivity index (χ3n) is 5.02. The van der Waals surface area contributed by atoms with Gasteiger partial charge in [0.1, 0.15) is 5.76 Å². The van der Waals surface area contributed by atoms with Crippen molar-refractivity contribution in [1.29, 1.82) is 0 Å². The van der Waals surface area contributed by atoms with Gasteiger partial charge in [-0.15, -0.1) is 11.3 Å². The Morgan fingerprint density at radius 1 is 1.23 bits per heavy atom. The summed E-state index contributed by atoms with van der Waals surface area (Å²) < 4.78 is 7.03. The number of hydrogen-bond acceptors (Lipinski definition) is 4. The smallest absolute Gasteiger partial charge is 0.317 e. The van der Waals surface area contributed by atoms with E-state index in [1.54, 1.807) is 11.3 Å². The van der Waals surface area contributed by atoms with Gasteiger partial charge in [0, 0.05) is 13.1 Å². The average Bonchev–Trinajstić information content (AvgIpc) is 3.32. The summed E-state index contributed by atoms with van der Waals surface area (Å²) in [6.45, 7) is 0.390. The van der Waals surface area contributed by atoms with E-state index in [1.807, 2.05) is 42.3 Å². The van der Waals surface area contributed by atoms with E-state index in [2.05, 4.69) is 16.4 Å². The summed E-state index contributed by atoms with van der Waals surface area (Å²) in [5.74, 6) is 1.49. The number of aromatic nitrogens is 1. The first-order valence-corrected chi connectivity index (χ1v) is 9.97. The molecule has 1 aliphatic carbocycles. The Kier molecular flexibility index (Phi) is 4.93. The minimum atomic E-state index is -0.0326. The van der Waals surface area contributed by atoms with E-state index in [9.17, 15) is 4.79 Å². The van der Waals surface area contributed by atoms with Gasteiger partial charge < -0.3 is 14.6 Å². The Balaban J connectivity index is 1.38. The zero-order chi connectivity index (χ0) is 17.9. The summed E-state index contributed by atoms with van der Waals surface area (Å²) in [4.78, 5) is 18.8. The maximum Gasteiger partial charge on any atom is 0.317 e. The van der Waals surface area contributed by atoms with Gasteiger partial charge in [-0.25, -0.2) is 9.78 Å². The molecule has 1 fully saturated rings. The molecule has 136 valence electrons. The molecule has 0 atom stereocenters. The fraction of sp³-hybridized carbons (Fsp3) is 0.400. The van der Waals surface area contributed by atoms with Gasteiger partial charge in [-0.3, -0.25) is 0 Å². The lowest BCUT2D eigenvalue weighted by Gasteiger charge is -2.31. The third-order valence-corrected chi connectivity index (χ3v) is 6.07. The Labute approximate surface area is 157 Å². The molecule has 0 spiro atoms. The molecule has 3 aromatic rings. The van der Waals surface area contributed by atoms with E-state index in [0.717, 1.165) is 39.6 Å². The summed E-state index contributed by atoms with van der Waals surface area (Å²) >= 11 is 1.61. The second-order valence-corrected chi connectivity index (χ2v) is 7.84. The van der Waals surface area contributed by atoms with Gasteiger partial charge in [-0.2, -0.15) is 0 Å². The molecule has 0 radical (unpaired) electrons. The van der Waals surface area contributed by atoms with Crippen molar-refractivity contribution in [3.05, 3.63) is 42.2 Å². The van der Waals surface area contributed by atoms with Crippen LogP contribution in [0.1, 0.15) is 37.9 Å². The summed E-state index contributed by atoms with van der Waals surface area (Å²) in [7, 11) is 1.89. The summed E-state index contributed by atoms with van der Waals surface area (Å²) in [5, 5.41) is 3.83. The number of para-hydroxylation sites is 1. The SMILES string of the molecule is CN(C(=O)NCc1ccc(-c2nc3ccccc3s2)o1)C1CCCCC1. The highest BCUT2D eigenvalue weighted by Gasteiger charge is 2.22. The fourth-order valence-corrected chi connectivity index (χ4v) is 4.41. The molecule has 26 heavy (non-hydrogen) atoms. The van der Waals surface area contributed by atoms with E-state index >= 15 is 0 Å². The Hall–Kier alpha value is -2.34. The largest absolute Gasteiger partial charge is 0.457 e. The van der Waals surface area contributed by atoms with E-state index in [4.69, 9.17) is 4.42 Å². The molecule has 1 aromatic carbocycles. The molecule has 6 heteroatoms. The fourth-order valence-electron chi connectivity index (χ4n) is 3.49. The minimum Gasteiger partial charge on any atom is -0.457 e. The van der Waals surface area contributed by atoms with Crippen LogP contribution in [0.5, 0.6) is 0 Å². The maximum atomic E-state index is 12.4. The molecule has 1 saturated carbocycles. The van der Waals surface area contributed by atoms with Crippen LogP contribution < -0.4 is 5.32 Å². The molecule has 2 heterocycles. The first kappa shape index (κ1) is 17.1. The van der Waals surface area contributed by atoms with Crippen LogP contribution >= 0.6 is 11.3 Å². The highest BCUT2D eigenvalue weighted by molar-refractivity contribution is 7.21. The molecule has 0 bridgehead atoms. The third kappa shape index (κ3) is 3.60. The lowest BCUT2D eigenvalue weighted by molar-refractivity contribution is 0.172. The normalized spacial score (nSPS) is 15.3. The Morgan fingerprint density at radius 3 is 2.85 bits per heavy atom. The number of carbonyl (C=O) groups is 1. The van der Waals surface area contributed by atoms with Gasteiger partial charge in [0.2, 0.25) is 0 Å². The second kappa shape index (κ2) is 7.50. The molecule has 0 saturated heterocycles. The van der Waals surface area contributed by atoms with Crippen LogP contribution in [-0.2, 0) is 6.54 Å². The van der Waals surface area contributed by atoms with Gasteiger partial charge >= 0.3 is 6.03 Å². The van der Waals surface area contributed by atoms with Gasteiger partial charge in [-0.1, -0.05) is 31.4 Å². The number of carbonyl (C=O) groups excluding carboxylic acids is 1. The van der Waals surface area contributed by atoms with Crippen molar-refractivity contribution in [3.8, 4) is 10.8 Å². The molecular weight excluding hydrogens is 346 g/mol. The summed E-state index contributed by atoms with van der Waals surface area (Å²) in [6.07, 6.45) is 5.92. The molecule has 1 aliphatic rings. The van der Waals surface area contributed by atoms with Crippen molar-refractivity contribution < 1.29 is 9.21 Å². The first-order chi connectivity index (χ1) is 12.7. The number of fused-ring (bicyclic) bond motifs is 1. The maximum absolute atomic E-state index is 12.4. The molecule has 1 N–H and O–H groups in total. The lowest BCUT2D eigenvalue weighted by Crippen LogP contribution is -2.44. The van der Waals surface area contributed by atoms with Gasteiger partial charge in [0.15, 0.2) is 10.8 Å². The van der Waals surface area contributed by atoms with Crippen LogP contribution in [0, 0.1) is 0 Å². The molecule has 0 unspecified atom stereocenters. The number of rotatable bonds is 4. The average molecular weight is 369 g/mol. The van der Waals surface area contributed by atoms with Gasteiger partial charge in [0.25, 0.3) is 0 Å². The quantitative estimate of drug-likeness (QED) is 0.702. The molecular formula is C20H23N3O2S. The number of nitrogens with zero attached hydrogens (tertiary/aromatic N) is 2. The van der Waals surface area contributed by atoms with Crippen molar-refractivity contribution in [2.75, 3.05) is 7.05 Å². The monoisotopic (exact) mass is 369 g/mol. The van der Waals surface area contributed by atoms with Crippen molar-refractivity contribution >= 4 is 27.6 Å². The van der Waals surface area contributed by atoms with Crippen LogP contribution in [-0.4, -0.2) is 29.0 Å². The number of urea groups is 1. The lowest BCUT2D eigenvalue weighted by atomic mass is 9.95. The molecule has 2 aromatic heterocycles. The van der Waals surface area contributed by atoms with Crippen LogP contribution in [0.3, 0.4) is 0 Å². The highest BCUT2D eigenvalue weighted by atomic mass is 32.1.